The maximum atomic E-state index is 16.1. The first-order valence-corrected chi connectivity index (χ1v) is 12.1. The number of nitrogens with zero attached hydrogens (tertiary/aromatic N) is 2. The van der Waals surface area contributed by atoms with Gasteiger partial charge in [-0.05, 0) is 83.0 Å². The fourth-order valence-electron chi connectivity index (χ4n) is 5.71. The quantitative estimate of drug-likeness (QED) is 0.183. The molecule has 4 nitrogen and oxygen atoms in total. The Bertz CT molecular complexity index is 1110. The number of ether oxygens (including phenoxy) is 1. The SMILES string of the molecule is C=C(C)C(=O)OCCCCCC1=C2C(C)=C(CC)C(C)=[N+]2[B-](F)(F)n2c(C)c(CC)c(C)c21. The van der Waals surface area contributed by atoms with Crippen LogP contribution in [0, 0.1) is 13.8 Å². The maximum absolute atomic E-state index is 16.1. The zero-order valence-electron chi connectivity index (χ0n) is 21.2. The molecule has 3 heterocycles. The molecule has 2 aliphatic rings. The molecule has 0 unspecified atom stereocenters. The van der Waals surface area contributed by atoms with Crippen LogP contribution in [0.3, 0.4) is 0 Å². The number of esters is 1. The molecule has 2 aliphatic heterocycles. The van der Waals surface area contributed by atoms with Crippen molar-refractivity contribution in [3.05, 3.63) is 51.5 Å². The molecule has 0 amide bonds. The van der Waals surface area contributed by atoms with Gasteiger partial charge in [0.25, 0.3) is 0 Å². The van der Waals surface area contributed by atoms with Crippen molar-refractivity contribution in [3.8, 4) is 0 Å². The molecule has 180 valence electrons. The second-order valence-corrected chi connectivity index (χ2v) is 9.32. The highest BCUT2D eigenvalue weighted by Crippen LogP contribution is 2.46. The average Bonchev–Trinajstić information content (AvgIpc) is 3.16. The first-order chi connectivity index (χ1) is 15.5. The second-order valence-electron chi connectivity index (χ2n) is 9.32. The Morgan fingerprint density at radius 3 is 2.30 bits per heavy atom. The predicted octanol–water partition coefficient (Wildman–Crippen LogP) is 6.51. The van der Waals surface area contributed by atoms with Gasteiger partial charge in [-0.25, -0.2) is 4.79 Å². The Balaban J connectivity index is 1.99. The van der Waals surface area contributed by atoms with E-state index in [-0.39, 0.29) is 5.97 Å². The molecule has 0 saturated carbocycles. The molecule has 0 aliphatic carbocycles. The normalized spacial score (nSPS) is 17.0. The number of rotatable bonds is 9. The Kier molecular flexibility index (Phi) is 7.20. The van der Waals surface area contributed by atoms with Gasteiger partial charge < -0.3 is 22.3 Å². The van der Waals surface area contributed by atoms with E-state index in [2.05, 4.69) is 6.58 Å². The molecule has 0 saturated heterocycles. The van der Waals surface area contributed by atoms with E-state index in [1.54, 1.807) is 6.92 Å². The summed E-state index contributed by atoms with van der Waals surface area (Å²) in [6.45, 7) is 13.3. The van der Waals surface area contributed by atoms with E-state index in [9.17, 15) is 4.79 Å². The number of aromatic nitrogens is 1. The van der Waals surface area contributed by atoms with E-state index in [1.807, 2.05) is 41.5 Å². The lowest BCUT2D eigenvalue weighted by Crippen LogP contribution is -2.51. The van der Waals surface area contributed by atoms with E-state index in [4.69, 9.17) is 4.74 Å². The van der Waals surface area contributed by atoms with Crippen molar-refractivity contribution >= 4 is 24.2 Å². The molecule has 7 heteroatoms. The fraction of sp³-hybridized carbons (Fsp3) is 0.538. The first-order valence-electron chi connectivity index (χ1n) is 12.1. The topological polar surface area (TPSA) is 34.2 Å². The van der Waals surface area contributed by atoms with Gasteiger partial charge in [0, 0.05) is 34.9 Å². The van der Waals surface area contributed by atoms with E-state index < -0.39 is 6.97 Å². The van der Waals surface area contributed by atoms with Gasteiger partial charge in [-0.15, -0.1) is 0 Å². The predicted molar refractivity (Wildman–Crippen MR) is 132 cm³/mol. The van der Waals surface area contributed by atoms with Gasteiger partial charge in [0.1, 0.15) is 5.71 Å². The lowest BCUT2D eigenvalue weighted by Gasteiger charge is -2.34. The van der Waals surface area contributed by atoms with Crippen LogP contribution in [-0.2, 0) is 16.0 Å². The highest BCUT2D eigenvalue weighted by atomic mass is 19.2. The summed E-state index contributed by atoms with van der Waals surface area (Å²) < 4.78 is 40.0. The van der Waals surface area contributed by atoms with E-state index in [0.29, 0.717) is 41.4 Å². The van der Waals surface area contributed by atoms with Crippen LogP contribution in [0.4, 0.5) is 8.63 Å². The van der Waals surface area contributed by atoms with E-state index in [0.717, 1.165) is 60.0 Å². The smallest absolute Gasteiger partial charge is 0.462 e. The molecule has 0 atom stereocenters. The zero-order valence-corrected chi connectivity index (χ0v) is 21.2. The van der Waals surface area contributed by atoms with Crippen LogP contribution in [0.15, 0.2) is 29.0 Å². The lowest BCUT2D eigenvalue weighted by molar-refractivity contribution is -0.364. The number of hydrogen-bond donors (Lipinski definition) is 0. The standard InChI is InChI=1S/C26H37BF2N2O2/c1-9-21-17(5)24-23(14-12-11-13-15-33-26(32)16(3)4)25-18(6)22(10-2)20(8)31(25)27(28,29)30(24)19(21)7/h3,9-15H2,1-2,4-8H3. The van der Waals surface area contributed by atoms with Crippen molar-refractivity contribution in [2.24, 2.45) is 0 Å². The van der Waals surface area contributed by atoms with Crippen LogP contribution >= 0.6 is 0 Å². The van der Waals surface area contributed by atoms with E-state index >= 15 is 8.63 Å². The Labute approximate surface area is 196 Å². The van der Waals surface area contributed by atoms with Crippen molar-refractivity contribution in [2.75, 3.05) is 6.61 Å². The molecule has 0 bridgehead atoms. The summed E-state index contributed by atoms with van der Waals surface area (Å²) in [5, 5.41) is 0. The molecular formula is C26H37BF2N2O2. The minimum absolute atomic E-state index is 0.352. The van der Waals surface area contributed by atoms with Crippen molar-refractivity contribution < 1.29 is 22.6 Å². The van der Waals surface area contributed by atoms with E-state index in [1.165, 1.54) is 8.96 Å². The number of fused-ring (bicyclic) bond motifs is 2. The van der Waals surface area contributed by atoms with Gasteiger partial charge >= 0.3 is 12.9 Å². The summed E-state index contributed by atoms with van der Waals surface area (Å²) in [5.74, 6) is -0.367. The summed E-state index contributed by atoms with van der Waals surface area (Å²) in [7, 11) is 0. The van der Waals surface area contributed by atoms with Gasteiger partial charge in [0.05, 0.1) is 6.61 Å². The molecule has 33 heavy (non-hydrogen) atoms. The summed E-state index contributed by atoms with van der Waals surface area (Å²) in [5.41, 5.74) is 8.17. The minimum atomic E-state index is -3.96. The maximum Gasteiger partial charge on any atom is 0.737 e. The van der Waals surface area contributed by atoms with Gasteiger partial charge in [-0.3, -0.25) is 0 Å². The van der Waals surface area contributed by atoms with Crippen LogP contribution in [0.2, 0.25) is 0 Å². The number of carbonyl (C=O) groups is 1. The van der Waals surface area contributed by atoms with Crippen LogP contribution < -0.4 is 0 Å². The number of carbonyl (C=O) groups excluding carboxylic acids is 1. The average molecular weight is 458 g/mol. The number of halogens is 2. The Morgan fingerprint density at radius 1 is 1.06 bits per heavy atom. The van der Waals surface area contributed by atoms with Gasteiger partial charge in [-0.2, -0.15) is 0 Å². The molecular weight excluding hydrogens is 421 g/mol. The van der Waals surface area contributed by atoms with Crippen molar-refractivity contribution in [1.82, 2.24) is 4.48 Å². The van der Waals surface area contributed by atoms with Crippen LogP contribution in [0.25, 0.3) is 5.57 Å². The third-order valence-electron chi connectivity index (χ3n) is 7.25. The number of hydrogen-bond acceptors (Lipinski definition) is 2. The Hall–Kier alpha value is -2.44. The summed E-state index contributed by atoms with van der Waals surface area (Å²) in [6, 6.07) is 0. The summed E-state index contributed by atoms with van der Waals surface area (Å²) >= 11 is 0. The largest absolute Gasteiger partial charge is 0.737 e. The van der Waals surface area contributed by atoms with Gasteiger partial charge in [0.15, 0.2) is 5.70 Å². The molecule has 3 rings (SSSR count). The van der Waals surface area contributed by atoms with Crippen LogP contribution in [-0.4, -0.2) is 34.2 Å². The number of allylic oxidation sites excluding steroid dienone is 3. The molecule has 0 aromatic carbocycles. The highest BCUT2D eigenvalue weighted by molar-refractivity contribution is 6.58. The minimum Gasteiger partial charge on any atom is -0.462 e. The van der Waals surface area contributed by atoms with Gasteiger partial charge in [-0.1, -0.05) is 20.4 Å². The van der Waals surface area contributed by atoms with Gasteiger partial charge in [0.2, 0.25) is 0 Å². The molecule has 1 aromatic heterocycles. The fourth-order valence-corrected chi connectivity index (χ4v) is 5.71. The second kappa shape index (κ2) is 9.44. The third kappa shape index (κ3) is 4.04. The number of unbranched alkanes of at least 4 members (excludes halogenated alkanes) is 2. The van der Waals surface area contributed by atoms with Crippen LogP contribution in [0.1, 0.15) is 89.2 Å². The molecule has 0 N–H and O–H groups in total. The molecule has 1 aromatic rings. The third-order valence-corrected chi connectivity index (χ3v) is 7.25. The summed E-state index contributed by atoms with van der Waals surface area (Å²) in [6.07, 6.45) is 4.62. The summed E-state index contributed by atoms with van der Waals surface area (Å²) in [4.78, 5) is 11.6. The zero-order chi connectivity index (χ0) is 24.7. The highest BCUT2D eigenvalue weighted by Gasteiger charge is 2.56. The molecule has 0 fully saturated rings. The first kappa shape index (κ1) is 25.2. The Morgan fingerprint density at radius 2 is 1.73 bits per heavy atom. The van der Waals surface area contributed by atoms with Crippen molar-refractivity contribution in [3.63, 3.8) is 0 Å². The molecule has 0 spiro atoms. The van der Waals surface area contributed by atoms with Crippen molar-refractivity contribution in [2.45, 2.75) is 87.0 Å². The lowest BCUT2D eigenvalue weighted by atomic mass is 9.84. The van der Waals surface area contributed by atoms with Crippen molar-refractivity contribution in [1.29, 1.82) is 0 Å². The monoisotopic (exact) mass is 458 g/mol. The van der Waals surface area contributed by atoms with Crippen LogP contribution in [0.5, 0.6) is 0 Å². The molecule has 0 radical (unpaired) electrons.